The van der Waals surface area contributed by atoms with Gasteiger partial charge in [0.15, 0.2) is 0 Å². The van der Waals surface area contributed by atoms with Crippen LogP contribution in [-0.4, -0.2) is 34.3 Å². The van der Waals surface area contributed by atoms with Gasteiger partial charge in [0, 0.05) is 17.3 Å². The number of amides is 1. The first-order chi connectivity index (χ1) is 6.45. The van der Waals surface area contributed by atoms with E-state index >= 15 is 0 Å². The molecular weight excluding hydrogens is 234 g/mol. The molecule has 0 aliphatic carbocycles. The van der Waals surface area contributed by atoms with Crippen LogP contribution in [0.3, 0.4) is 0 Å². The number of carbonyl (C=O) groups excluding carboxylic acids is 1. The minimum absolute atomic E-state index is 0.0156. The van der Waals surface area contributed by atoms with Crippen molar-refractivity contribution in [2.75, 3.05) is 19.8 Å². The third-order valence-corrected chi connectivity index (χ3v) is 1.66. The Balaban J connectivity index is 3.46. The van der Waals surface area contributed by atoms with Crippen molar-refractivity contribution in [2.24, 2.45) is 0 Å². The van der Waals surface area contributed by atoms with Crippen LogP contribution in [0.5, 0.6) is 0 Å². The van der Waals surface area contributed by atoms with Crippen LogP contribution in [0, 0.1) is 0 Å². The van der Waals surface area contributed by atoms with Crippen LogP contribution in [0.2, 0.25) is 0 Å². The van der Waals surface area contributed by atoms with Gasteiger partial charge in [0.1, 0.15) is 6.61 Å². The predicted octanol–water partition coefficient (Wildman–Crippen LogP) is 0.623. The molecule has 1 amide bonds. The Bertz CT molecular complexity index is 265. The molecule has 0 heterocycles. The van der Waals surface area contributed by atoms with E-state index in [1.807, 2.05) is 6.92 Å². The Hall–Kier alpha value is -0.530. The fourth-order valence-electron chi connectivity index (χ4n) is 0.569. The zero-order valence-electron chi connectivity index (χ0n) is 7.66. The van der Waals surface area contributed by atoms with Gasteiger partial charge in [0.25, 0.3) is 0 Å². The van der Waals surface area contributed by atoms with Crippen molar-refractivity contribution in [1.82, 2.24) is 4.72 Å². The lowest BCUT2D eigenvalue weighted by Gasteiger charge is -2.04. The second kappa shape index (κ2) is 6.86. The van der Waals surface area contributed by atoms with Crippen LogP contribution in [-0.2, 0) is 18.7 Å². The second-order valence-electron chi connectivity index (χ2n) is 2.29. The highest BCUT2D eigenvalue weighted by Gasteiger charge is 2.10. The van der Waals surface area contributed by atoms with Crippen LogP contribution >= 0.6 is 10.7 Å². The van der Waals surface area contributed by atoms with E-state index in [0.717, 1.165) is 6.42 Å². The lowest BCUT2D eigenvalue weighted by atomic mass is 10.5. The number of ether oxygens (including phenoxy) is 2. The van der Waals surface area contributed by atoms with Crippen molar-refractivity contribution in [3.8, 4) is 0 Å². The SMILES string of the molecule is CCCOCCOC(=O)NS(=O)(=O)Cl. The van der Waals surface area contributed by atoms with E-state index in [1.165, 1.54) is 4.72 Å². The van der Waals surface area contributed by atoms with Gasteiger partial charge >= 0.3 is 15.3 Å². The fourth-order valence-corrected chi connectivity index (χ4v) is 1.02. The molecule has 0 fully saturated rings. The molecule has 0 aliphatic rings. The molecule has 0 bridgehead atoms. The third-order valence-electron chi connectivity index (χ3n) is 1.01. The first-order valence-electron chi connectivity index (χ1n) is 3.92. The summed E-state index contributed by atoms with van der Waals surface area (Å²) in [5.41, 5.74) is 0. The van der Waals surface area contributed by atoms with Crippen molar-refractivity contribution < 1.29 is 22.7 Å². The minimum atomic E-state index is -4.06. The quantitative estimate of drug-likeness (QED) is 0.548. The number of hydrogen-bond acceptors (Lipinski definition) is 5. The smallest absolute Gasteiger partial charge is 0.421 e. The zero-order chi connectivity index (χ0) is 11.0. The lowest BCUT2D eigenvalue weighted by molar-refractivity contribution is 0.0754. The maximum absolute atomic E-state index is 10.6. The number of rotatable bonds is 6. The van der Waals surface area contributed by atoms with E-state index in [1.54, 1.807) is 0 Å². The highest BCUT2D eigenvalue weighted by molar-refractivity contribution is 8.12. The van der Waals surface area contributed by atoms with Gasteiger partial charge < -0.3 is 9.47 Å². The van der Waals surface area contributed by atoms with Gasteiger partial charge in [-0.15, -0.1) is 0 Å². The van der Waals surface area contributed by atoms with E-state index in [2.05, 4.69) is 4.74 Å². The van der Waals surface area contributed by atoms with E-state index in [0.29, 0.717) is 6.61 Å². The molecule has 8 heteroatoms. The molecule has 0 rings (SSSR count). The number of hydrogen-bond donors (Lipinski definition) is 1. The van der Waals surface area contributed by atoms with Gasteiger partial charge in [-0.3, -0.25) is 0 Å². The van der Waals surface area contributed by atoms with Crippen LogP contribution < -0.4 is 4.72 Å². The molecule has 1 N–H and O–H groups in total. The summed E-state index contributed by atoms with van der Waals surface area (Å²) in [6, 6.07) is 0. The molecule has 0 radical (unpaired) electrons. The molecule has 0 atom stereocenters. The standard InChI is InChI=1S/C6H12ClNO5S/c1-2-3-12-4-5-13-6(9)8-14(7,10)11/h2-5H2,1H3,(H,8,9). The molecule has 14 heavy (non-hydrogen) atoms. The maximum Gasteiger partial charge on any atom is 0.421 e. The number of carbonyl (C=O) groups is 1. The van der Waals surface area contributed by atoms with E-state index < -0.39 is 15.3 Å². The molecule has 0 aromatic rings. The topological polar surface area (TPSA) is 81.7 Å². The van der Waals surface area contributed by atoms with Gasteiger partial charge in [-0.2, -0.15) is 8.42 Å². The van der Waals surface area contributed by atoms with Crippen molar-refractivity contribution >= 4 is 26.0 Å². The Morgan fingerprint density at radius 3 is 2.50 bits per heavy atom. The van der Waals surface area contributed by atoms with E-state index in [-0.39, 0.29) is 13.2 Å². The molecule has 0 aromatic carbocycles. The summed E-state index contributed by atoms with van der Waals surface area (Å²) in [4.78, 5) is 10.6. The maximum atomic E-state index is 10.6. The summed E-state index contributed by atoms with van der Waals surface area (Å²) in [6.07, 6.45) is -0.248. The van der Waals surface area contributed by atoms with Crippen LogP contribution in [0.15, 0.2) is 0 Å². The Morgan fingerprint density at radius 2 is 2.00 bits per heavy atom. The average Bonchev–Trinajstić information content (AvgIpc) is 2.00. The largest absolute Gasteiger partial charge is 0.446 e. The Labute approximate surface area is 87.1 Å². The molecule has 0 saturated carbocycles. The van der Waals surface area contributed by atoms with Gasteiger partial charge in [-0.05, 0) is 6.42 Å². The lowest BCUT2D eigenvalue weighted by Crippen LogP contribution is -2.28. The first kappa shape index (κ1) is 13.5. The summed E-state index contributed by atoms with van der Waals surface area (Å²) in [5, 5.41) is 0. The van der Waals surface area contributed by atoms with Crippen molar-refractivity contribution in [3.05, 3.63) is 0 Å². The molecule has 0 aromatic heterocycles. The number of nitrogens with one attached hydrogen (secondary N) is 1. The van der Waals surface area contributed by atoms with Crippen LogP contribution in [0.4, 0.5) is 4.79 Å². The predicted molar refractivity (Wildman–Crippen MR) is 50.4 cm³/mol. The highest BCUT2D eigenvalue weighted by atomic mass is 35.7. The molecular formula is C6H12ClNO5S. The summed E-state index contributed by atoms with van der Waals surface area (Å²) in [6.45, 7) is 2.72. The fraction of sp³-hybridized carbons (Fsp3) is 0.833. The highest BCUT2D eigenvalue weighted by Crippen LogP contribution is 1.91. The Morgan fingerprint density at radius 1 is 1.36 bits per heavy atom. The normalized spacial score (nSPS) is 11.0. The van der Waals surface area contributed by atoms with Crippen molar-refractivity contribution in [1.29, 1.82) is 0 Å². The molecule has 6 nitrogen and oxygen atoms in total. The summed E-state index contributed by atoms with van der Waals surface area (Å²) >= 11 is 0. The molecule has 0 aliphatic heterocycles. The molecule has 0 saturated heterocycles. The van der Waals surface area contributed by atoms with Crippen molar-refractivity contribution in [2.45, 2.75) is 13.3 Å². The summed E-state index contributed by atoms with van der Waals surface area (Å²) in [5.74, 6) is 0. The van der Waals surface area contributed by atoms with Gasteiger partial charge in [0.2, 0.25) is 0 Å². The van der Waals surface area contributed by atoms with Gasteiger partial charge in [-0.25, -0.2) is 9.52 Å². The molecule has 84 valence electrons. The second-order valence-corrected chi connectivity index (χ2v) is 4.59. The average molecular weight is 246 g/mol. The first-order valence-corrected chi connectivity index (χ1v) is 6.23. The van der Waals surface area contributed by atoms with E-state index in [4.69, 9.17) is 15.4 Å². The monoisotopic (exact) mass is 245 g/mol. The third kappa shape index (κ3) is 9.56. The minimum Gasteiger partial charge on any atom is -0.446 e. The molecule has 0 unspecified atom stereocenters. The van der Waals surface area contributed by atoms with Crippen LogP contribution in [0.25, 0.3) is 0 Å². The molecule has 0 spiro atoms. The van der Waals surface area contributed by atoms with Gasteiger partial charge in [0.05, 0.1) is 6.61 Å². The summed E-state index contributed by atoms with van der Waals surface area (Å²) in [7, 11) is 0.656. The Kier molecular flexibility index (Phi) is 6.60. The van der Waals surface area contributed by atoms with Gasteiger partial charge in [-0.1, -0.05) is 6.92 Å². The number of halogens is 1. The van der Waals surface area contributed by atoms with Crippen LogP contribution in [0.1, 0.15) is 13.3 Å². The van der Waals surface area contributed by atoms with E-state index in [9.17, 15) is 13.2 Å². The summed E-state index contributed by atoms with van der Waals surface area (Å²) < 4.78 is 31.4. The zero-order valence-corrected chi connectivity index (χ0v) is 9.23. The van der Waals surface area contributed by atoms with Crippen molar-refractivity contribution in [3.63, 3.8) is 0 Å².